The first kappa shape index (κ1) is 18.8. The van der Waals surface area contributed by atoms with E-state index in [4.69, 9.17) is 16.6 Å². The first-order valence-corrected chi connectivity index (χ1v) is 5.84. The van der Waals surface area contributed by atoms with E-state index >= 15 is 0 Å². The Morgan fingerprint density at radius 3 is 2.10 bits per heavy atom. The van der Waals surface area contributed by atoms with Crippen LogP contribution in [0.3, 0.4) is 0 Å². The zero-order valence-corrected chi connectivity index (χ0v) is 12.8. The Labute approximate surface area is 129 Å². The average molecular weight is 462 g/mol. The number of hydrogen-bond acceptors (Lipinski definition) is 3. The second-order valence-corrected chi connectivity index (χ2v) is 4.24. The third-order valence-corrected chi connectivity index (χ3v) is 2.71. The molecule has 1 aromatic rings. The molecule has 1 saturated carbocycles. The summed E-state index contributed by atoms with van der Waals surface area (Å²) in [6, 6.07) is 0.580. The van der Waals surface area contributed by atoms with E-state index in [9.17, 15) is 14.4 Å². The Morgan fingerprint density at radius 2 is 1.75 bits per heavy atom. The largest absolute Gasteiger partial charge is 0.676 e. The van der Waals surface area contributed by atoms with Crippen LogP contribution in [-0.2, 0) is 21.1 Å². The number of aromatic carboxylic acids is 1. The van der Waals surface area contributed by atoms with Gasteiger partial charge in [0, 0.05) is 21.1 Å². The summed E-state index contributed by atoms with van der Waals surface area (Å²) in [4.78, 5) is 35.8. The maximum Gasteiger partial charge on any atom is 0.331 e. The number of carboxylic acid groups (broad SMARTS) is 1. The summed E-state index contributed by atoms with van der Waals surface area (Å²) in [5.41, 5.74) is 12.3. The van der Waals surface area contributed by atoms with Crippen LogP contribution in [0, 0.1) is 0 Å². The predicted octanol–water partition coefficient (Wildman–Crippen LogP) is 0.790. The molecule has 116 valence electrons. The van der Waals surface area contributed by atoms with E-state index < -0.39 is 22.9 Å². The van der Waals surface area contributed by atoms with Crippen LogP contribution < -0.4 is 16.2 Å². The van der Waals surface area contributed by atoms with Gasteiger partial charge in [0.2, 0.25) is 0 Å². The molecule has 1 aliphatic rings. The smallest absolute Gasteiger partial charge is 0.331 e. The van der Waals surface area contributed by atoms with E-state index in [1.807, 2.05) is 0 Å². The molecule has 0 radical (unpaired) electrons. The van der Waals surface area contributed by atoms with Gasteiger partial charge in [0.25, 0.3) is 0 Å². The molecular formula is C11H15N4O4Pt-3. The van der Waals surface area contributed by atoms with Gasteiger partial charge in [0.05, 0.1) is 5.69 Å². The Bertz CT molecular complexity index is 503. The van der Waals surface area contributed by atoms with Crippen LogP contribution in [0.2, 0.25) is 0 Å². The zero-order chi connectivity index (χ0) is 14.4. The summed E-state index contributed by atoms with van der Waals surface area (Å²) in [6.07, 6.45) is 4.25. The van der Waals surface area contributed by atoms with Gasteiger partial charge in [-0.2, -0.15) is 12.1 Å². The fourth-order valence-corrected chi connectivity index (χ4v) is 1.68. The Hall–Kier alpha value is -1.24. The Kier molecular flexibility index (Phi) is 8.29. The van der Waals surface area contributed by atoms with E-state index in [2.05, 4.69) is 4.98 Å². The number of aromatic amines is 1. The quantitative estimate of drug-likeness (QED) is 0.633. The average Bonchev–Trinajstić information content (AvgIpc) is 2.32. The third kappa shape index (κ3) is 6.27. The van der Waals surface area contributed by atoms with Gasteiger partial charge in [-0.15, -0.1) is 0 Å². The van der Waals surface area contributed by atoms with Gasteiger partial charge in [0.1, 0.15) is 0 Å². The van der Waals surface area contributed by atoms with E-state index in [0.29, 0.717) is 0 Å². The number of aromatic nitrogens is 2. The maximum absolute atomic E-state index is 10.5. The second kappa shape index (κ2) is 8.84. The Balaban J connectivity index is 0.000000359. The van der Waals surface area contributed by atoms with Crippen LogP contribution in [0.25, 0.3) is 11.5 Å². The van der Waals surface area contributed by atoms with Gasteiger partial charge in [-0.1, -0.05) is 25.7 Å². The summed E-state index contributed by atoms with van der Waals surface area (Å²) in [7, 11) is 0. The van der Waals surface area contributed by atoms with Gasteiger partial charge < -0.3 is 26.5 Å². The molecule has 0 aromatic carbocycles. The normalized spacial score (nSPS) is 21.1. The summed E-state index contributed by atoms with van der Waals surface area (Å²) in [6.45, 7) is 0. The number of nitrogens with zero attached hydrogens (tertiary/aromatic N) is 1. The van der Waals surface area contributed by atoms with Crippen molar-refractivity contribution in [3.05, 3.63) is 44.1 Å². The number of rotatable bonds is 1. The summed E-state index contributed by atoms with van der Waals surface area (Å²) in [5, 5.41) is 8.28. The minimum Gasteiger partial charge on any atom is -0.676 e. The van der Waals surface area contributed by atoms with Crippen LogP contribution in [-0.4, -0.2) is 28.1 Å². The molecule has 1 aliphatic carbocycles. The number of hydrogen-bond donors (Lipinski definition) is 2. The van der Waals surface area contributed by atoms with Crippen LogP contribution in [0.15, 0.2) is 15.7 Å². The van der Waals surface area contributed by atoms with E-state index in [0.717, 1.165) is 18.9 Å². The molecule has 0 bridgehead atoms. The molecule has 2 atom stereocenters. The van der Waals surface area contributed by atoms with E-state index in [1.54, 1.807) is 4.98 Å². The fraction of sp³-hybridized carbons (Fsp3) is 0.545. The molecule has 0 saturated heterocycles. The van der Waals surface area contributed by atoms with Crippen molar-refractivity contribution in [2.24, 2.45) is 0 Å². The summed E-state index contributed by atoms with van der Waals surface area (Å²) in [5.74, 6) is -1.40. The molecule has 9 heteroatoms. The third-order valence-electron chi connectivity index (χ3n) is 2.71. The molecule has 0 aliphatic heterocycles. The predicted molar refractivity (Wildman–Crippen MR) is 68.3 cm³/mol. The molecule has 1 aromatic heterocycles. The van der Waals surface area contributed by atoms with Crippen LogP contribution in [0.4, 0.5) is 0 Å². The van der Waals surface area contributed by atoms with Gasteiger partial charge in [-0.05, 0) is 6.07 Å². The maximum atomic E-state index is 10.5. The van der Waals surface area contributed by atoms with Crippen LogP contribution in [0.1, 0.15) is 36.2 Å². The molecule has 2 unspecified atom stereocenters. The number of nitrogens with one attached hydrogen (secondary N) is 3. The van der Waals surface area contributed by atoms with Gasteiger partial charge in [-0.25, -0.2) is 4.79 Å². The minimum absolute atomic E-state index is 0. The summed E-state index contributed by atoms with van der Waals surface area (Å²) < 4.78 is 0. The van der Waals surface area contributed by atoms with E-state index in [-0.39, 0.29) is 33.1 Å². The van der Waals surface area contributed by atoms with E-state index in [1.165, 1.54) is 12.8 Å². The topological polar surface area (TPSA) is 149 Å². The molecule has 2 rings (SSSR count). The molecule has 4 N–H and O–H groups in total. The molecule has 20 heavy (non-hydrogen) atoms. The van der Waals surface area contributed by atoms with Crippen molar-refractivity contribution < 1.29 is 31.0 Å². The number of H-pyrrole nitrogens is 1. The summed E-state index contributed by atoms with van der Waals surface area (Å²) >= 11 is 0. The standard InChI is InChI=1S/C6H12N2.C5H4N2O4.Pt/c7-5-3-1-2-4-6(5)8;8-3-1-2(4(9)10)6-5(11)7-3;/h5-8H,1-4H2;1H,(H3,6,7,8,9,10,11);/q-2;;/p-1. The van der Waals surface area contributed by atoms with Crippen molar-refractivity contribution in [1.82, 2.24) is 9.97 Å². The molecule has 8 nitrogen and oxygen atoms in total. The van der Waals surface area contributed by atoms with Gasteiger partial charge in [-0.3, -0.25) is 9.59 Å². The van der Waals surface area contributed by atoms with Crippen molar-refractivity contribution in [3.63, 3.8) is 0 Å². The van der Waals surface area contributed by atoms with Crippen LogP contribution in [0.5, 0.6) is 0 Å². The molecule has 0 amide bonds. The van der Waals surface area contributed by atoms with Gasteiger partial charge >= 0.3 is 5.97 Å². The molecule has 1 heterocycles. The van der Waals surface area contributed by atoms with Gasteiger partial charge in [0.15, 0.2) is 11.2 Å². The van der Waals surface area contributed by atoms with Crippen molar-refractivity contribution in [1.29, 1.82) is 0 Å². The Morgan fingerprint density at radius 1 is 1.25 bits per heavy atom. The minimum atomic E-state index is -1.40. The molecule has 1 fully saturated rings. The molecule has 0 spiro atoms. The molecular weight excluding hydrogens is 447 g/mol. The monoisotopic (exact) mass is 462 g/mol. The van der Waals surface area contributed by atoms with Crippen molar-refractivity contribution in [3.8, 4) is 0 Å². The first-order valence-electron chi connectivity index (χ1n) is 5.84. The van der Waals surface area contributed by atoms with Crippen LogP contribution >= 0.6 is 0 Å². The van der Waals surface area contributed by atoms with Crippen molar-refractivity contribution in [2.45, 2.75) is 37.8 Å². The zero-order valence-electron chi connectivity index (χ0n) is 10.5. The van der Waals surface area contributed by atoms with Crippen molar-refractivity contribution >= 4 is 5.97 Å². The second-order valence-electron chi connectivity index (χ2n) is 4.24. The fourth-order valence-electron chi connectivity index (χ4n) is 1.68. The van der Waals surface area contributed by atoms with Crippen molar-refractivity contribution in [2.75, 3.05) is 0 Å². The first-order chi connectivity index (χ1) is 8.90. The number of carboxylic acids is 1. The number of carbonyl (C=O) groups is 1. The SMILES string of the molecule is O=C(O)c1cc(=O)[nH]c(=O)[n-]1.[NH-]C1CCCCC1[NH-].[Pt].